The molecule has 1 heterocycles. The van der Waals surface area contributed by atoms with Crippen LogP contribution >= 0.6 is 0 Å². The second kappa shape index (κ2) is 4.89. The van der Waals surface area contributed by atoms with Crippen LogP contribution in [0.15, 0.2) is 53.6 Å². The van der Waals surface area contributed by atoms with E-state index in [2.05, 4.69) is 9.82 Å². The van der Waals surface area contributed by atoms with E-state index in [-0.39, 0.29) is 4.90 Å². The maximum atomic E-state index is 12.4. The Balaban J connectivity index is 1.97. The Morgan fingerprint density at radius 3 is 2.71 bits per heavy atom. The lowest BCUT2D eigenvalue weighted by Gasteiger charge is -2.09. The molecule has 1 aromatic heterocycles. The van der Waals surface area contributed by atoms with E-state index in [0.29, 0.717) is 5.69 Å². The normalized spacial score (nSPS) is 11.7. The van der Waals surface area contributed by atoms with E-state index in [9.17, 15) is 8.42 Å². The minimum atomic E-state index is -3.57. The van der Waals surface area contributed by atoms with Crippen molar-refractivity contribution in [2.45, 2.75) is 11.8 Å². The largest absolute Gasteiger partial charge is 0.280 e. The van der Waals surface area contributed by atoms with Gasteiger partial charge in [-0.25, -0.2) is 8.42 Å². The Morgan fingerprint density at radius 1 is 1.14 bits per heavy atom. The van der Waals surface area contributed by atoms with Crippen LogP contribution in [0.1, 0.15) is 5.56 Å². The summed E-state index contributed by atoms with van der Waals surface area (Å²) < 4.78 is 29.1. The van der Waals surface area contributed by atoms with Crippen molar-refractivity contribution in [3.8, 4) is 0 Å². The van der Waals surface area contributed by atoms with E-state index in [0.717, 1.165) is 16.5 Å². The van der Waals surface area contributed by atoms with Gasteiger partial charge < -0.3 is 0 Å². The third-order valence-electron chi connectivity index (χ3n) is 3.30. The topological polar surface area (TPSA) is 64.0 Å². The molecule has 0 unspecified atom stereocenters. The fourth-order valence-electron chi connectivity index (χ4n) is 2.22. The molecule has 6 heteroatoms. The lowest BCUT2D eigenvalue weighted by atomic mass is 10.2. The van der Waals surface area contributed by atoms with Crippen LogP contribution in [0.3, 0.4) is 0 Å². The first-order valence-electron chi connectivity index (χ1n) is 6.47. The zero-order chi connectivity index (χ0) is 15.0. The molecule has 3 aromatic rings. The van der Waals surface area contributed by atoms with Gasteiger partial charge in [0.2, 0.25) is 0 Å². The number of benzene rings is 2. The van der Waals surface area contributed by atoms with Crippen LogP contribution < -0.4 is 4.72 Å². The van der Waals surface area contributed by atoms with Gasteiger partial charge in [-0.3, -0.25) is 9.40 Å². The molecule has 0 radical (unpaired) electrons. The van der Waals surface area contributed by atoms with Crippen molar-refractivity contribution < 1.29 is 8.42 Å². The number of aryl methyl sites for hydroxylation is 2. The second-order valence-electron chi connectivity index (χ2n) is 4.96. The third kappa shape index (κ3) is 2.62. The Kier molecular flexibility index (Phi) is 3.17. The molecule has 0 aliphatic rings. The molecular weight excluding hydrogens is 286 g/mol. The van der Waals surface area contributed by atoms with E-state index in [1.165, 1.54) is 0 Å². The first kappa shape index (κ1) is 13.6. The van der Waals surface area contributed by atoms with Crippen LogP contribution in [0.2, 0.25) is 0 Å². The van der Waals surface area contributed by atoms with Crippen LogP contribution in [-0.4, -0.2) is 18.2 Å². The van der Waals surface area contributed by atoms with Crippen LogP contribution in [0.25, 0.3) is 10.9 Å². The van der Waals surface area contributed by atoms with Crippen molar-refractivity contribution in [3.05, 3.63) is 54.2 Å². The Morgan fingerprint density at radius 2 is 1.95 bits per heavy atom. The average molecular weight is 301 g/mol. The molecule has 0 saturated heterocycles. The highest BCUT2D eigenvalue weighted by atomic mass is 32.2. The lowest BCUT2D eigenvalue weighted by Crippen LogP contribution is -2.12. The van der Waals surface area contributed by atoms with Gasteiger partial charge in [0.25, 0.3) is 10.0 Å². The zero-order valence-corrected chi connectivity index (χ0v) is 12.6. The summed E-state index contributed by atoms with van der Waals surface area (Å²) in [6.07, 6.45) is 1.71. The molecule has 0 atom stereocenters. The van der Waals surface area contributed by atoms with Gasteiger partial charge in [-0.15, -0.1) is 0 Å². The average Bonchev–Trinajstić information content (AvgIpc) is 2.79. The molecule has 0 spiro atoms. The quantitative estimate of drug-likeness (QED) is 0.809. The summed E-state index contributed by atoms with van der Waals surface area (Å²) >= 11 is 0. The van der Waals surface area contributed by atoms with Crippen molar-refractivity contribution in [1.82, 2.24) is 9.78 Å². The Bertz CT molecular complexity index is 914. The molecule has 0 aliphatic carbocycles. The molecule has 2 aromatic carbocycles. The third-order valence-corrected chi connectivity index (χ3v) is 4.68. The van der Waals surface area contributed by atoms with Crippen molar-refractivity contribution in [1.29, 1.82) is 0 Å². The lowest BCUT2D eigenvalue weighted by molar-refractivity contribution is 0.601. The Hall–Kier alpha value is -2.34. The minimum absolute atomic E-state index is 0.258. The summed E-state index contributed by atoms with van der Waals surface area (Å²) in [6.45, 7) is 1.86. The number of hydrogen-bond donors (Lipinski definition) is 1. The number of aromatic nitrogens is 2. The summed E-state index contributed by atoms with van der Waals surface area (Å²) in [5, 5.41) is 5.03. The molecule has 0 bridgehead atoms. The predicted octanol–water partition coefficient (Wildman–Crippen LogP) is 2.68. The fraction of sp³-hybridized carbons (Fsp3) is 0.133. The minimum Gasteiger partial charge on any atom is -0.280 e. The van der Waals surface area contributed by atoms with E-state index >= 15 is 0 Å². The molecule has 1 N–H and O–H groups in total. The standard InChI is InChI=1S/C15H15N3O2S/c1-11-4-3-5-14(8-11)21(19,20)17-13-6-7-15-12(9-13)10-16-18(15)2/h3-10,17H,1-2H3. The van der Waals surface area contributed by atoms with Gasteiger partial charge in [-0.05, 0) is 42.8 Å². The van der Waals surface area contributed by atoms with E-state index in [1.807, 2.05) is 26.1 Å². The van der Waals surface area contributed by atoms with Gasteiger partial charge in [0.15, 0.2) is 0 Å². The summed E-state index contributed by atoms with van der Waals surface area (Å²) in [5.74, 6) is 0. The molecule has 108 valence electrons. The van der Waals surface area contributed by atoms with E-state index in [4.69, 9.17) is 0 Å². The summed E-state index contributed by atoms with van der Waals surface area (Å²) in [7, 11) is -1.73. The van der Waals surface area contributed by atoms with Gasteiger partial charge in [0, 0.05) is 18.1 Å². The second-order valence-corrected chi connectivity index (χ2v) is 6.65. The highest BCUT2D eigenvalue weighted by molar-refractivity contribution is 7.92. The SMILES string of the molecule is Cc1cccc(S(=O)(=O)Nc2ccc3c(cnn3C)c2)c1. The van der Waals surface area contributed by atoms with Crippen LogP contribution in [-0.2, 0) is 17.1 Å². The number of nitrogens with one attached hydrogen (secondary N) is 1. The van der Waals surface area contributed by atoms with Gasteiger partial charge in [0.05, 0.1) is 16.6 Å². The summed E-state index contributed by atoms with van der Waals surface area (Å²) in [6, 6.07) is 12.2. The van der Waals surface area contributed by atoms with Gasteiger partial charge in [0.1, 0.15) is 0 Å². The molecule has 0 aliphatic heterocycles. The number of anilines is 1. The molecule has 0 amide bonds. The number of hydrogen-bond acceptors (Lipinski definition) is 3. The number of nitrogens with zero attached hydrogens (tertiary/aromatic N) is 2. The maximum Gasteiger partial charge on any atom is 0.261 e. The predicted molar refractivity (Wildman–Crippen MR) is 82.7 cm³/mol. The van der Waals surface area contributed by atoms with Gasteiger partial charge in [-0.1, -0.05) is 12.1 Å². The van der Waals surface area contributed by atoms with E-state index < -0.39 is 10.0 Å². The summed E-state index contributed by atoms with van der Waals surface area (Å²) in [4.78, 5) is 0.258. The summed E-state index contributed by atoms with van der Waals surface area (Å²) in [5.41, 5.74) is 2.38. The van der Waals surface area contributed by atoms with Gasteiger partial charge in [-0.2, -0.15) is 5.10 Å². The van der Waals surface area contributed by atoms with Crippen molar-refractivity contribution in [2.24, 2.45) is 7.05 Å². The van der Waals surface area contributed by atoms with Crippen molar-refractivity contribution >= 4 is 26.6 Å². The van der Waals surface area contributed by atoms with Crippen LogP contribution in [0.5, 0.6) is 0 Å². The maximum absolute atomic E-state index is 12.4. The smallest absolute Gasteiger partial charge is 0.261 e. The molecular formula is C15H15N3O2S. The van der Waals surface area contributed by atoms with Gasteiger partial charge >= 0.3 is 0 Å². The number of rotatable bonds is 3. The first-order chi connectivity index (χ1) is 9.95. The van der Waals surface area contributed by atoms with Crippen molar-refractivity contribution in [2.75, 3.05) is 4.72 Å². The highest BCUT2D eigenvalue weighted by Gasteiger charge is 2.14. The number of sulfonamides is 1. The first-order valence-corrected chi connectivity index (χ1v) is 7.95. The van der Waals surface area contributed by atoms with E-state index in [1.54, 1.807) is 41.2 Å². The van der Waals surface area contributed by atoms with Crippen molar-refractivity contribution in [3.63, 3.8) is 0 Å². The fourth-order valence-corrected chi connectivity index (χ4v) is 3.38. The molecule has 3 rings (SSSR count). The number of fused-ring (bicyclic) bond motifs is 1. The monoisotopic (exact) mass is 301 g/mol. The molecule has 0 saturated carbocycles. The zero-order valence-electron chi connectivity index (χ0n) is 11.7. The van der Waals surface area contributed by atoms with Crippen LogP contribution in [0.4, 0.5) is 5.69 Å². The molecule has 5 nitrogen and oxygen atoms in total. The molecule has 0 fully saturated rings. The van der Waals surface area contributed by atoms with Crippen LogP contribution in [0, 0.1) is 6.92 Å². The molecule has 21 heavy (non-hydrogen) atoms. The highest BCUT2D eigenvalue weighted by Crippen LogP contribution is 2.21. The Labute approximate surface area is 123 Å².